The monoisotopic (exact) mass is 1140 g/mol. The van der Waals surface area contributed by atoms with Crippen molar-refractivity contribution in [2.24, 2.45) is 0 Å². The number of carbonyl (C=O) groups is 15. The predicted octanol–water partition coefficient (Wildman–Crippen LogP) is -5.12. The van der Waals surface area contributed by atoms with Crippen molar-refractivity contribution in [1.82, 2.24) is 0 Å². The van der Waals surface area contributed by atoms with E-state index in [4.69, 9.17) is 149 Å². The van der Waals surface area contributed by atoms with E-state index in [1.54, 1.807) is 0 Å². The Morgan fingerprint density at radius 3 is 0.129 bits per heavy atom. The molecule has 0 rings (SSSR count). The predicted molar refractivity (Wildman–Crippen MR) is 271 cm³/mol. The standard InChI is InChI=1S/15C2H4O2.10Na.10H/c15*1-2(3)4;;;;;;;;;;;;;;;;;;;;/h15*1H3,(H,3,4);;;;;;;;;;;;;;;;;;;;. The van der Waals surface area contributed by atoms with Crippen LogP contribution in [0.3, 0.4) is 0 Å². The molecule has 0 amide bonds. The minimum atomic E-state index is -0.833. The van der Waals surface area contributed by atoms with E-state index >= 15 is 0 Å². The van der Waals surface area contributed by atoms with Gasteiger partial charge in [-0.3, -0.25) is 71.9 Å². The van der Waals surface area contributed by atoms with Crippen LogP contribution < -0.4 is 0 Å². The molecular formula is C30H70Na10O30. The molecular weight excluding hydrogens is 1070 g/mol. The van der Waals surface area contributed by atoms with Crippen molar-refractivity contribution in [3.8, 4) is 0 Å². The van der Waals surface area contributed by atoms with E-state index in [9.17, 15) is 0 Å². The molecule has 0 atom stereocenters. The molecule has 40 heteroatoms. The van der Waals surface area contributed by atoms with Gasteiger partial charge in [-0.05, 0) is 0 Å². The van der Waals surface area contributed by atoms with Crippen LogP contribution in [0.15, 0.2) is 0 Å². The number of hydrogen-bond acceptors (Lipinski definition) is 15. The molecule has 0 radical (unpaired) electrons. The molecule has 0 aliphatic rings. The first-order valence-corrected chi connectivity index (χ1v) is 13.9. The average molecular weight is 1140 g/mol. The fourth-order valence-electron chi connectivity index (χ4n) is 0. The SMILES string of the molecule is CC(=O)O.CC(=O)O.CC(=O)O.CC(=O)O.CC(=O)O.CC(=O)O.CC(=O)O.CC(=O)O.CC(=O)O.CC(=O)O.CC(=O)O.CC(=O)O.CC(=O)O.CC(=O)O.CC(=O)O.[NaH].[NaH].[NaH].[NaH].[NaH].[NaH].[NaH].[NaH].[NaH].[NaH]. The third-order valence-electron chi connectivity index (χ3n) is 0. The van der Waals surface area contributed by atoms with Crippen molar-refractivity contribution in [2.75, 3.05) is 0 Å². The van der Waals surface area contributed by atoms with Gasteiger partial charge in [-0.15, -0.1) is 0 Å². The number of aliphatic carboxylic acids is 15. The molecule has 0 saturated carbocycles. The fraction of sp³-hybridized carbons (Fsp3) is 0.500. The minimum absolute atomic E-state index is 0. The van der Waals surface area contributed by atoms with E-state index in [-0.39, 0.29) is 296 Å². The van der Waals surface area contributed by atoms with Gasteiger partial charge in [-0.25, -0.2) is 0 Å². The number of rotatable bonds is 0. The molecule has 15 N–H and O–H groups in total. The summed E-state index contributed by atoms with van der Waals surface area (Å²) in [6.45, 7) is 16.3. The zero-order valence-corrected chi connectivity index (χ0v) is 35.3. The van der Waals surface area contributed by atoms with Gasteiger partial charge in [-0.2, -0.15) is 0 Å². The van der Waals surface area contributed by atoms with Gasteiger partial charge in [0.25, 0.3) is 89.5 Å². The van der Waals surface area contributed by atoms with Gasteiger partial charge in [0, 0.05) is 104 Å². The molecule has 30 nitrogen and oxygen atoms in total. The summed E-state index contributed by atoms with van der Waals surface area (Å²) < 4.78 is 0. The number of carboxylic acid groups (broad SMARTS) is 15. The van der Waals surface area contributed by atoms with Crippen LogP contribution in [0.25, 0.3) is 0 Å². The summed E-state index contributed by atoms with van der Waals surface area (Å²) in [5, 5.41) is 111. The van der Waals surface area contributed by atoms with Crippen LogP contribution in [0.2, 0.25) is 0 Å². The van der Waals surface area contributed by atoms with Crippen molar-refractivity contribution in [2.45, 2.75) is 104 Å². The second-order valence-electron chi connectivity index (χ2n) is 7.79. The second kappa shape index (κ2) is 157. The van der Waals surface area contributed by atoms with E-state index in [1.165, 1.54) is 0 Å². The van der Waals surface area contributed by atoms with Crippen LogP contribution in [-0.4, -0.2) is 462 Å². The molecule has 0 saturated heterocycles. The Morgan fingerprint density at radius 2 is 0.129 bits per heavy atom. The first-order chi connectivity index (χ1) is 26.0. The third-order valence-corrected chi connectivity index (χ3v) is 0. The molecule has 380 valence electrons. The summed E-state index contributed by atoms with van der Waals surface area (Å²) in [5.74, 6) is -12.5. The molecule has 0 spiro atoms. The van der Waals surface area contributed by atoms with Gasteiger partial charge < -0.3 is 76.6 Å². The number of carboxylic acids is 15. The summed E-state index contributed by atoms with van der Waals surface area (Å²) in [7, 11) is 0. The first kappa shape index (κ1) is 164. The second-order valence-corrected chi connectivity index (χ2v) is 7.79. The molecule has 70 heavy (non-hydrogen) atoms. The number of hydrogen-bond donors (Lipinski definition) is 15. The Bertz CT molecular complexity index is 798. The molecule has 0 bridgehead atoms. The zero-order chi connectivity index (χ0) is 53.7. The van der Waals surface area contributed by atoms with Gasteiger partial charge in [0.15, 0.2) is 0 Å². The maximum atomic E-state index is 9.00. The Kier molecular flexibility index (Phi) is 370. The van der Waals surface area contributed by atoms with Crippen molar-refractivity contribution >= 4 is 385 Å². The van der Waals surface area contributed by atoms with Crippen LogP contribution in [0, 0.1) is 0 Å². The van der Waals surface area contributed by atoms with Crippen molar-refractivity contribution in [1.29, 1.82) is 0 Å². The van der Waals surface area contributed by atoms with E-state index in [1.807, 2.05) is 0 Å². The molecule has 0 unspecified atom stereocenters. The van der Waals surface area contributed by atoms with Crippen LogP contribution in [-0.2, 0) is 71.9 Å². The topological polar surface area (TPSA) is 560 Å². The van der Waals surface area contributed by atoms with Crippen molar-refractivity contribution in [3.05, 3.63) is 0 Å². The maximum absolute atomic E-state index is 9.00. The van der Waals surface area contributed by atoms with Gasteiger partial charge in [0.2, 0.25) is 0 Å². The Balaban J connectivity index is -0.0000000133. The summed E-state index contributed by atoms with van der Waals surface area (Å²) in [5.41, 5.74) is 0. The molecule has 0 fully saturated rings. The molecule has 0 aromatic carbocycles. The molecule has 0 heterocycles. The summed E-state index contributed by atoms with van der Waals surface area (Å²) in [6.07, 6.45) is 0. The first-order valence-electron chi connectivity index (χ1n) is 13.9. The normalized spacial score (nSPS) is 5.36. The fourth-order valence-corrected chi connectivity index (χ4v) is 0. The summed E-state index contributed by atoms with van der Waals surface area (Å²) in [4.78, 5) is 135. The van der Waals surface area contributed by atoms with E-state index in [0.29, 0.717) is 0 Å². The van der Waals surface area contributed by atoms with E-state index < -0.39 is 89.5 Å². The molecule has 0 aliphatic heterocycles. The van der Waals surface area contributed by atoms with E-state index in [2.05, 4.69) is 0 Å². The van der Waals surface area contributed by atoms with Gasteiger partial charge in [-0.1, -0.05) is 0 Å². The van der Waals surface area contributed by atoms with Gasteiger partial charge in [0.1, 0.15) is 0 Å². The van der Waals surface area contributed by atoms with Crippen molar-refractivity contribution in [3.63, 3.8) is 0 Å². The van der Waals surface area contributed by atoms with E-state index in [0.717, 1.165) is 104 Å². The molecule has 0 aromatic heterocycles. The summed E-state index contributed by atoms with van der Waals surface area (Å²) >= 11 is 0. The van der Waals surface area contributed by atoms with Crippen LogP contribution >= 0.6 is 0 Å². The van der Waals surface area contributed by atoms with Gasteiger partial charge in [0.05, 0.1) is 0 Å². The zero-order valence-electron chi connectivity index (χ0n) is 35.3. The molecule has 0 aromatic rings. The quantitative estimate of drug-likeness (QED) is 0.101. The van der Waals surface area contributed by atoms with Crippen LogP contribution in [0.1, 0.15) is 104 Å². The Hall–Kier alpha value is 2.05. The average Bonchev–Trinajstić information content (AvgIpc) is 2.78. The van der Waals surface area contributed by atoms with Gasteiger partial charge >= 0.3 is 296 Å². The van der Waals surface area contributed by atoms with Crippen LogP contribution in [0.5, 0.6) is 0 Å². The van der Waals surface area contributed by atoms with Crippen molar-refractivity contribution < 1.29 is 149 Å². The third kappa shape index (κ3) is 79500. The summed E-state index contributed by atoms with van der Waals surface area (Å²) in [6, 6.07) is 0. The van der Waals surface area contributed by atoms with Crippen LogP contribution in [0.4, 0.5) is 0 Å². The Morgan fingerprint density at radius 1 is 0.129 bits per heavy atom. The Labute approximate surface area is 626 Å². The molecule has 0 aliphatic carbocycles.